The SMILES string of the molecule is Nc1nc(Cl)nc(OCC2CCCCC2)n1. The van der Waals surface area contributed by atoms with Gasteiger partial charge in [0.1, 0.15) is 0 Å². The molecule has 5 nitrogen and oxygen atoms in total. The third-order valence-electron chi connectivity index (χ3n) is 2.78. The van der Waals surface area contributed by atoms with Gasteiger partial charge in [0.25, 0.3) is 0 Å². The minimum Gasteiger partial charge on any atom is -0.463 e. The van der Waals surface area contributed by atoms with E-state index in [9.17, 15) is 0 Å². The predicted octanol–water partition coefficient (Wildman–Crippen LogP) is 2.07. The topological polar surface area (TPSA) is 73.9 Å². The van der Waals surface area contributed by atoms with Crippen LogP contribution in [0.2, 0.25) is 5.28 Å². The number of nitrogen functional groups attached to an aromatic ring is 1. The molecule has 0 aliphatic heterocycles. The van der Waals surface area contributed by atoms with Gasteiger partial charge in [-0.1, -0.05) is 19.3 Å². The van der Waals surface area contributed by atoms with E-state index >= 15 is 0 Å². The van der Waals surface area contributed by atoms with E-state index in [0.717, 1.165) is 0 Å². The molecule has 1 saturated carbocycles. The van der Waals surface area contributed by atoms with Gasteiger partial charge in [0.2, 0.25) is 11.2 Å². The summed E-state index contributed by atoms with van der Waals surface area (Å²) in [6.07, 6.45) is 6.34. The molecule has 0 bridgehead atoms. The lowest BCUT2D eigenvalue weighted by molar-refractivity contribution is 0.196. The molecule has 2 rings (SSSR count). The van der Waals surface area contributed by atoms with E-state index in [4.69, 9.17) is 22.1 Å². The molecule has 0 atom stereocenters. The monoisotopic (exact) mass is 242 g/mol. The summed E-state index contributed by atoms with van der Waals surface area (Å²) in [5.74, 6) is 0.698. The number of ether oxygens (including phenoxy) is 1. The third kappa shape index (κ3) is 3.20. The van der Waals surface area contributed by atoms with Crippen LogP contribution in [0.1, 0.15) is 32.1 Å². The number of aromatic nitrogens is 3. The molecule has 16 heavy (non-hydrogen) atoms. The van der Waals surface area contributed by atoms with Crippen LogP contribution in [0.4, 0.5) is 5.95 Å². The average molecular weight is 243 g/mol. The molecular weight excluding hydrogens is 228 g/mol. The van der Waals surface area contributed by atoms with Gasteiger partial charge in [-0.25, -0.2) is 0 Å². The molecule has 0 amide bonds. The van der Waals surface area contributed by atoms with Crippen molar-refractivity contribution in [3.63, 3.8) is 0 Å². The van der Waals surface area contributed by atoms with E-state index in [1.165, 1.54) is 32.1 Å². The van der Waals surface area contributed by atoms with Gasteiger partial charge in [0.15, 0.2) is 0 Å². The lowest BCUT2D eigenvalue weighted by Gasteiger charge is -2.20. The molecule has 1 heterocycles. The Morgan fingerprint density at radius 1 is 1.19 bits per heavy atom. The van der Waals surface area contributed by atoms with Crippen molar-refractivity contribution in [3.05, 3.63) is 5.28 Å². The fraction of sp³-hybridized carbons (Fsp3) is 0.700. The lowest BCUT2D eigenvalue weighted by atomic mass is 9.90. The molecule has 0 spiro atoms. The zero-order chi connectivity index (χ0) is 11.4. The number of hydrogen-bond donors (Lipinski definition) is 1. The molecule has 1 aliphatic carbocycles. The van der Waals surface area contributed by atoms with Gasteiger partial charge in [0.05, 0.1) is 6.61 Å². The van der Waals surface area contributed by atoms with Crippen molar-refractivity contribution in [2.45, 2.75) is 32.1 Å². The zero-order valence-electron chi connectivity index (χ0n) is 9.03. The average Bonchev–Trinajstić information content (AvgIpc) is 2.27. The molecular formula is C10H15ClN4O. The Morgan fingerprint density at radius 2 is 1.94 bits per heavy atom. The molecule has 0 radical (unpaired) electrons. The van der Waals surface area contributed by atoms with Crippen LogP contribution in [0.5, 0.6) is 6.01 Å². The van der Waals surface area contributed by atoms with Crippen molar-refractivity contribution in [2.24, 2.45) is 5.92 Å². The van der Waals surface area contributed by atoms with Crippen LogP contribution < -0.4 is 10.5 Å². The van der Waals surface area contributed by atoms with Crippen molar-refractivity contribution >= 4 is 17.5 Å². The summed E-state index contributed by atoms with van der Waals surface area (Å²) in [5.41, 5.74) is 5.44. The maximum Gasteiger partial charge on any atom is 0.322 e. The molecule has 0 aromatic carbocycles. The van der Waals surface area contributed by atoms with Gasteiger partial charge in [-0.05, 0) is 30.4 Å². The second kappa shape index (κ2) is 5.30. The standard InChI is InChI=1S/C10H15ClN4O/c11-8-13-9(12)15-10(14-8)16-6-7-4-2-1-3-5-7/h7H,1-6H2,(H2,12,13,14,15). The van der Waals surface area contributed by atoms with E-state index in [1.807, 2.05) is 0 Å². The normalized spacial score (nSPS) is 17.3. The fourth-order valence-corrected chi connectivity index (χ4v) is 2.12. The summed E-state index contributed by atoms with van der Waals surface area (Å²) < 4.78 is 5.48. The largest absolute Gasteiger partial charge is 0.463 e. The van der Waals surface area contributed by atoms with Crippen molar-refractivity contribution in [2.75, 3.05) is 12.3 Å². The van der Waals surface area contributed by atoms with Gasteiger partial charge in [-0.15, -0.1) is 0 Å². The molecule has 1 aromatic heterocycles. The molecule has 0 saturated heterocycles. The highest BCUT2D eigenvalue weighted by molar-refractivity contribution is 6.28. The Bertz CT molecular complexity index is 334. The van der Waals surface area contributed by atoms with Gasteiger partial charge < -0.3 is 10.5 Å². The van der Waals surface area contributed by atoms with Crippen LogP contribution in [-0.4, -0.2) is 21.6 Å². The van der Waals surface area contributed by atoms with Crippen molar-refractivity contribution < 1.29 is 4.74 Å². The van der Waals surface area contributed by atoms with Gasteiger partial charge in [-0.2, -0.15) is 15.0 Å². The molecule has 1 fully saturated rings. The van der Waals surface area contributed by atoms with Crippen LogP contribution in [0, 0.1) is 5.92 Å². The van der Waals surface area contributed by atoms with Crippen LogP contribution >= 0.6 is 11.6 Å². The number of nitrogens with two attached hydrogens (primary N) is 1. The zero-order valence-corrected chi connectivity index (χ0v) is 9.78. The summed E-state index contributed by atoms with van der Waals surface area (Å²) in [7, 11) is 0. The fourth-order valence-electron chi connectivity index (χ4n) is 1.96. The van der Waals surface area contributed by atoms with Crippen LogP contribution in [0.3, 0.4) is 0 Å². The second-order valence-corrected chi connectivity index (χ2v) is 4.40. The molecule has 0 unspecified atom stereocenters. The summed E-state index contributed by atoms with van der Waals surface area (Å²) in [4.78, 5) is 11.4. The molecule has 2 N–H and O–H groups in total. The van der Waals surface area contributed by atoms with Gasteiger partial charge in [0, 0.05) is 0 Å². The van der Waals surface area contributed by atoms with E-state index in [0.29, 0.717) is 12.5 Å². The third-order valence-corrected chi connectivity index (χ3v) is 2.95. The first-order valence-electron chi connectivity index (χ1n) is 5.54. The van der Waals surface area contributed by atoms with Crippen molar-refractivity contribution in [3.8, 4) is 6.01 Å². The lowest BCUT2D eigenvalue weighted by Crippen LogP contribution is -2.16. The smallest absolute Gasteiger partial charge is 0.322 e. The van der Waals surface area contributed by atoms with Crippen LogP contribution in [-0.2, 0) is 0 Å². The Labute approximate surface area is 99.4 Å². The minimum atomic E-state index is 0.0751. The van der Waals surface area contributed by atoms with E-state index in [1.54, 1.807) is 0 Å². The van der Waals surface area contributed by atoms with Crippen LogP contribution in [0.15, 0.2) is 0 Å². The van der Waals surface area contributed by atoms with Gasteiger partial charge >= 0.3 is 6.01 Å². The first kappa shape index (κ1) is 11.4. The molecule has 6 heteroatoms. The summed E-state index contributed by atoms with van der Waals surface area (Å²) in [5, 5.41) is 0.0751. The Kier molecular flexibility index (Phi) is 3.77. The number of anilines is 1. The summed E-state index contributed by atoms with van der Waals surface area (Å²) >= 11 is 5.65. The van der Waals surface area contributed by atoms with Crippen molar-refractivity contribution in [1.82, 2.24) is 15.0 Å². The van der Waals surface area contributed by atoms with Crippen molar-refractivity contribution in [1.29, 1.82) is 0 Å². The predicted molar refractivity (Wildman–Crippen MR) is 61.3 cm³/mol. The summed E-state index contributed by atoms with van der Waals surface area (Å²) in [6.45, 7) is 0.639. The first-order valence-corrected chi connectivity index (χ1v) is 5.91. The highest BCUT2D eigenvalue weighted by Crippen LogP contribution is 2.24. The van der Waals surface area contributed by atoms with E-state index in [-0.39, 0.29) is 17.2 Å². The number of halogens is 1. The minimum absolute atomic E-state index is 0.0751. The first-order chi connectivity index (χ1) is 7.74. The molecule has 88 valence electrons. The Hall–Kier alpha value is -1.10. The van der Waals surface area contributed by atoms with E-state index in [2.05, 4.69) is 15.0 Å². The van der Waals surface area contributed by atoms with Crippen LogP contribution in [0.25, 0.3) is 0 Å². The second-order valence-electron chi connectivity index (χ2n) is 4.06. The maximum absolute atomic E-state index is 5.65. The summed E-state index contributed by atoms with van der Waals surface area (Å²) in [6, 6.07) is 0.225. The number of hydrogen-bond acceptors (Lipinski definition) is 5. The quantitative estimate of drug-likeness (QED) is 0.878. The Morgan fingerprint density at radius 3 is 2.62 bits per heavy atom. The molecule has 1 aromatic rings. The maximum atomic E-state index is 5.65. The van der Waals surface area contributed by atoms with E-state index < -0.39 is 0 Å². The highest BCUT2D eigenvalue weighted by Gasteiger charge is 2.15. The Balaban J connectivity index is 1.88. The number of rotatable bonds is 3. The van der Waals surface area contributed by atoms with Gasteiger partial charge in [-0.3, -0.25) is 0 Å². The highest BCUT2D eigenvalue weighted by atomic mass is 35.5. The number of nitrogens with zero attached hydrogens (tertiary/aromatic N) is 3. The molecule has 1 aliphatic rings.